The van der Waals surface area contributed by atoms with Crippen LogP contribution >= 0.6 is 0 Å². The second kappa shape index (κ2) is 4.04. The summed E-state index contributed by atoms with van der Waals surface area (Å²) in [5, 5.41) is 0. The Morgan fingerprint density at radius 1 is 1.47 bits per heavy atom. The molecule has 3 nitrogen and oxygen atoms in total. The average Bonchev–Trinajstić information content (AvgIpc) is 2.80. The summed E-state index contributed by atoms with van der Waals surface area (Å²) in [4.78, 5) is 2.47. The molecule has 3 heteroatoms. The highest BCUT2D eigenvalue weighted by atomic mass is 16.5. The van der Waals surface area contributed by atoms with Crippen LogP contribution in [0.1, 0.15) is 33.6 Å². The molecule has 1 heterocycles. The van der Waals surface area contributed by atoms with E-state index < -0.39 is 0 Å². The van der Waals surface area contributed by atoms with Gasteiger partial charge in [0.25, 0.3) is 0 Å². The molecule has 1 saturated carbocycles. The molecule has 0 bridgehead atoms. The summed E-state index contributed by atoms with van der Waals surface area (Å²) in [6.07, 6.45) is 3.01. The average molecular weight is 212 g/mol. The molecule has 0 aromatic carbocycles. The Kier molecular flexibility index (Phi) is 3.06. The third kappa shape index (κ3) is 3.16. The molecule has 0 aromatic rings. The predicted molar refractivity (Wildman–Crippen MR) is 61.8 cm³/mol. The summed E-state index contributed by atoms with van der Waals surface area (Å²) in [6.45, 7) is 9.57. The molecule has 15 heavy (non-hydrogen) atoms. The first-order chi connectivity index (χ1) is 6.96. The van der Waals surface area contributed by atoms with E-state index in [0.29, 0.717) is 12.1 Å². The zero-order valence-corrected chi connectivity index (χ0v) is 10.2. The molecule has 88 valence electrons. The molecule has 0 spiro atoms. The van der Waals surface area contributed by atoms with E-state index in [1.54, 1.807) is 0 Å². The van der Waals surface area contributed by atoms with Crippen LogP contribution in [0.3, 0.4) is 0 Å². The molecule has 2 rings (SSSR count). The summed E-state index contributed by atoms with van der Waals surface area (Å²) in [5.74, 6) is 0.797. The van der Waals surface area contributed by atoms with Crippen LogP contribution in [0.15, 0.2) is 0 Å². The second-order valence-electron chi connectivity index (χ2n) is 5.88. The Balaban J connectivity index is 1.85. The van der Waals surface area contributed by atoms with Crippen molar-refractivity contribution in [3.05, 3.63) is 0 Å². The van der Waals surface area contributed by atoms with Crippen LogP contribution in [0.5, 0.6) is 0 Å². The minimum atomic E-state index is -0.0130. The molecule has 0 radical (unpaired) electrons. The molecule has 1 aliphatic heterocycles. The molecular weight excluding hydrogens is 188 g/mol. The van der Waals surface area contributed by atoms with Gasteiger partial charge in [0.15, 0.2) is 0 Å². The predicted octanol–water partition coefficient (Wildman–Crippen LogP) is 1.22. The summed E-state index contributed by atoms with van der Waals surface area (Å²) in [6, 6.07) is 0.381. The molecule has 2 aliphatic rings. The van der Waals surface area contributed by atoms with Gasteiger partial charge >= 0.3 is 0 Å². The minimum absolute atomic E-state index is 0.0130. The molecular formula is C12H24N2O. The molecule has 0 amide bonds. The van der Waals surface area contributed by atoms with Crippen LogP contribution in [0.25, 0.3) is 0 Å². The second-order valence-corrected chi connectivity index (χ2v) is 5.88. The van der Waals surface area contributed by atoms with Crippen molar-refractivity contribution in [3.63, 3.8) is 0 Å². The van der Waals surface area contributed by atoms with Crippen molar-refractivity contribution in [1.29, 1.82) is 0 Å². The van der Waals surface area contributed by atoms with Gasteiger partial charge in [-0.3, -0.25) is 4.90 Å². The van der Waals surface area contributed by atoms with E-state index in [-0.39, 0.29) is 5.60 Å². The first-order valence-electron chi connectivity index (χ1n) is 6.12. The highest BCUT2D eigenvalue weighted by molar-refractivity contribution is 4.89. The van der Waals surface area contributed by atoms with Crippen LogP contribution in [-0.2, 0) is 4.74 Å². The fourth-order valence-electron chi connectivity index (χ4n) is 2.70. The maximum atomic E-state index is 6.16. The summed E-state index contributed by atoms with van der Waals surface area (Å²) in [7, 11) is 0. The van der Waals surface area contributed by atoms with E-state index in [1.807, 2.05) is 0 Å². The molecule has 2 N–H and O–H groups in total. The smallest absolute Gasteiger partial charge is 0.0757 e. The fourth-order valence-corrected chi connectivity index (χ4v) is 2.70. The van der Waals surface area contributed by atoms with Crippen molar-refractivity contribution in [2.45, 2.75) is 51.4 Å². The van der Waals surface area contributed by atoms with Crippen molar-refractivity contribution in [2.75, 3.05) is 19.6 Å². The number of ether oxygens (including phenoxy) is 1. The number of nitrogens with zero attached hydrogens (tertiary/aromatic N) is 1. The molecule has 2 atom stereocenters. The number of morpholine rings is 1. The van der Waals surface area contributed by atoms with Gasteiger partial charge in [-0.2, -0.15) is 0 Å². The van der Waals surface area contributed by atoms with Crippen molar-refractivity contribution in [1.82, 2.24) is 4.90 Å². The molecule has 0 aromatic heterocycles. The van der Waals surface area contributed by atoms with Crippen LogP contribution in [0, 0.1) is 5.92 Å². The number of hydrogen-bond donors (Lipinski definition) is 1. The quantitative estimate of drug-likeness (QED) is 0.764. The van der Waals surface area contributed by atoms with E-state index in [2.05, 4.69) is 25.7 Å². The van der Waals surface area contributed by atoms with E-state index >= 15 is 0 Å². The van der Waals surface area contributed by atoms with Gasteiger partial charge < -0.3 is 10.5 Å². The van der Waals surface area contributed by atoms with Crippen molar-refractivity contribution in [2.24, 2.45) is 11.7 Å². The van der Waals surface area contributed by atoms with E-state index in [9.17, 15) is 0 Å². The minimum Gasteiger partial charge on any atom is -0.370 e. The number of hydrogen-bond acceptors (Lipinski definition) is 3. The van der Waals surface area contributed by atoms with Gasteiger partial charge in [0.2, 0.25) is 0 Å². The van der Waals surface area contributed by atoms with Gasteiger partial charge in [0, 0.05) is 25.7 Å². The first-order valence-corrected chi connectivity index (χ1v) is 6.12. The number of nitrogens with two attached hydrogens (primary N) is 1. The van der Waals surface area contributed by atoms with Gasteiger partial charge in [-0.15, -0.1) is 0 Å². The Bertz CT molecular complexity index is 226. The van der Waals surface area contributed by atoms with Crippen LogP contribution in [0.4, 0.5) is 0 Å². The third-order valence-corrected chi connectivity index (χ3v) is 3.34. The lowest BCUT2D eigenvalue weighted by atomic mass is 10.0. The lowest BCUT2D eigenvalue weighted by Gasteiger charge is -2.42. The highest BCUT2D eigenvalue weighted by Crippen LogP contribution is 2.32. The van der Waals surface area contributed by atoms with E-state index in [4.69, 9.17) is 10.5 Å². The van der Waals surface area contributed by atoms with E-state index in [1.165, 1.54) is 12.8 Å². The Morgan fingerprint density at radius 3 is 2.67 bits per heavy atom. The van der Waals surface area contributed by atoms with E-state index in [0.717, 1.165) is 25.6 Å². The van der Waals surface area contributed by atoms with Gasteiger partial charge in [0.1, 0.15) is 0 Å². The lowest BCUT2D eigenvalue weighted by Crippen LogP contribution is -2.54. The summed E-state index contributed by atoms with van der Waals surface area (Å²) < 4.78 is 5.88. The summed E-state index contributed by atoms with van der Waals surface area (Å²) >= 11 is 0. The Morgan fingerprint density at radius 2 is 2.13 bits per heavy atom. The lowest BCUT2D eigenvalue weighted by molar-refractivity contribution is -0.129. The Hall–Kier alpha value is -0.120. The first kappa shape index (κ1) is 11.4. The van der Waals surface area contributed by atoms with Crippen molar-refractivity contribution < 1.29 is 4.74 Å². The molecule has 1 saturated heterocycles. The Labute approximate surface area is 93.0 Å². The number of rotatable bonds is 3. The third-order valence-electron chi connectivity index (χ3n) is 3.34. The standard InChI is InChI=1S/C12H24N2O/c1-9-6-14(8-12(2,3)15-9)7-11(13)10-4-5-10/h9-11H,4-8,13H2,1-3H3. The van der Waals surface area contributed by atoms with Crippen LogP contribution in [-0.4, -0.2) is 42.3 Å². The summed E-state index contributed by atoms with van der Waals surface area (Å²) in [5.41, 5.74) is 6.15. The fraction of sp³-hybridized carbons (Fsp3) is 1.00. The van der Waals surface area contributed by atoms with Gasteiger partial charge in [-0.25, -0.2) is 0 Å². The highest BCUT2D eigenvalue weighted by Gasteiger charge is 2.35. The maximum Gasteiger partial charge on any atom is 0.0757 e. The normalized spacial score (nSPS) is 34.0. The van der Waals surface area contributed by atoms with Crippen molar-refractivity contribution >= 4 is 0 Å². The zero-order valence-electron chi connectivity index (χ0n) is 10.2. The topological polar surface area (TPSA) is 38.5 Å². The van der Waals surface area contributed by atoms with Gasteiger partial charge in [-0.05, 0) is 39.5 Å². The SMILES string of the molecule is CC1CN(CC(N)C2CC2)CC(C)(C)O1. The maximum absolute atomic E-state index is 6.16. The van der Waals surface area contributed by atoms with Crippen molar-refractivity contribution in [3.8, 4) is 0 Å². The van der Waals surface area contributed by atoms with Gasteiger partial charge in [0.05, 0.1) is 11.7 Å². The largest absolute Gasteiger partial charge is 0.370 e. The monoisotopic (exact) mass is 212 g/mol. The van der Waals surface area contributed by atoms with Crippen LogP contribution < -0.4 is 5.73 Å². The van der Waals surface area contributed by atoms with Crippen LogP contribution in [0.2, 0.25) is 0 Å². The molecule has 1 aliphatic carbocycles. The molecule has 2 unspecified atom stereocenters. The van der Waals surface area contributed by atoms with Gasteiger partial charge in [-0.1, -0.05) is 0 Å². The molecule has 2 fully saturated rings. The zero-order chi connectivity index (χ0) is 11.1.